The number of nitrogens with one attached hydrogen (secondary N) is 1. The number of halogens is 1. The van der Waals surface area contributed by atoms with Gasteiger partial charge in [0.2, 0.25) is 0 Å². The third-order valence-corrected chi connectivity index (χ3v) is 5.49. The number of ether oxygens (including phenoxy) is 1. The highest BCUT2D eigenvalue weighted by Gasteiger charge is 2.15. The van der Waals surface area contributed by atoms with Crippen molar-refractivity contribution < 1.29 is 9.53 Å². The number of carbonyl (C=O) groups is 1. The lowest BCUT2D eigenvalue weighted by atomic mass is 10.1. The van der Waals surface area contributed by atoms with Gasteiger partial charge < -0.3 is 4.74 Å². The van der Waals surface area contributed by atoms with Crippen LogP contribution < -0.4 is 10.1 Å². The van der Waals surface area contributed by atoms with Gasteiger partial charge in [0.05, 0.1) is 21.5 Å². The van der Waals surface area contributed by atoms with Crippen LogP contribution in [0.15, 0.2) is 35.7 Å². The van der Waals surface area contributed by atoms with Gasteiger partial charge in [-0.3, -0.25) is 10.1 Å². The van der Waals surface area contributed by atoms with Gasteiger partial charge in [-0.05, 0) is 35.9 Å². The van der Waals surface area contributed by atoms with Crippen LogP contribution in [0.3, 0.4) is 0 Å². The minimum Gasteiger partial charge on any atom is -0.493 e. The van der Waals surface area contributed by atoms with E-state index < -0.39 is 0 Å². The van der Waals surface area contributed by atoms with Crippen molar-refractivity contribution in [1.82, 2.24) is 4.98 Å². The molecule has 0 unspecified atom stereocenters. The zero-order chi connectivity index (χ0) is 15.8. The number of carbonyl (C=O) groups excluding carboxylic acids is 1. The average molecular weight is 363 g/mol. The Bertz CT molecular complexity index is 888. The van der Waals surface area contributed by atoms with E-state index in [2.05, 4.69) is 16.4 Å². The standard InChI is InChI=1S/C16H11ClN2O2S2/c17-14-4-3-13(23-14)15(20)19-16-18-11(8-22-16)9-1-2-12-10(7-9)5-6-21-12/h1-4,7-8H,5-6H2,(H,18,19,20). The number of thiazole rings is 1. The van der Waals surface area contributed by atoms with Crippen LogP contribution in [0.1, 0.15) is 15.2 Å². The smallest absolute Gasteiger partial charge is 0.267 e. The van der Waals surface area contributed by atoms with Gasteiger partial charge >= 0.3 is 0 Å². The second-order valence-corrected chi connectivity index (χ2v) is 7.59. The molecule has 23 heavy (non-hydrogen) atoms. The summed E-state index contributed by atoms with van der Waals surface area (Å²) in [7, 11) is 0. The van der Waals surface area contributed by atoms with Gasteiger partial charge in [-0.15, -0.1) is 22.7 Å². The lowest BCUT2D eigenvalue weighted by molar-refractivity contribution is 0.103. The van der Waals surface area contributed by atoms with Crippen LogP contribution in [0.25, 0.3) is 11.3 Å². The van der Waals surface area contributed by atoms with Crippen molar-refractivity contribution in [2.75, 3.05) is 11.9 Å². The lowest BCUT2D eigenvalue weighted by Crippen LogP contribution is -2.09. The Morgan fingerprint density at radius 3 is 3.04 bits per heavy atom. The monoisotopic (exact) mass is 362 g/mol. The first-order chi connectivity index (χ1) is 11.2. The molecule has 3 aromatic rings. The van der Waals surface area contributed by atoms with Crippen LogP contribution in [-0.4, -0.2) is 17.5 Å². The number of hydrogen-bond acceptors (Lipinski definition) is 5. The van der Waals surface area contributed by atoms with Gasteiger partial charge in [0, 0.05) is 17.4 Å². The molecule has 0 radical (unpaired) electrons. The van der Waals surface area contributed by atoms with E-state index in [9.17, 15) is 4.79 Å². The zero-order valence-electron chi connectivity index (χ0n) is 11.8. The topological polar surface area (TPSA) is 51.2 Å². The first-order valence-electron chi connectivity index (χ1n) is 6.97. The minimum absolute atomic E-state index is 0.190. The third kappa shape index (κ3) is 2.97. The first kappa shape index (κ1) is 14.7. The SMILES string of the molecule is O=C(Nc1nc(-c2ccc3c(c2)CCO3)cs1)c1ccc(Cl)s1. The van der Waals surface area contributed by atoms with E-state index in [0.717, 1.165) is 30.0 Å². The number of rotatable bonds is 3. The van der Waals surface area contributed by atoms with Crippen molar-refractivity contribution in [3.8, 4) is 17.0 Å². The maximum Gasteiger partial charge on any atom is 0.267 e. The number of amides is 1. The number of nitrogens with zero attached hydrogens (tertiary/aromatic N) is 1. The quantitative estimate of drug-likeness (QED) is 0.733. The molecule has 4 rings (SSSR count). The normalized spacial score (nSPS) is 12.7. The Hall–Kier alpha value is -1.89. The summed E-state index contributed by atoms with van der Waals surface area (Å²) in [5, 5.41) is 5.32. The first-order valence-corrected chi connectivity index (χ1v) is 9.05. The molecule has 2 aromatic heterocycles. The molecule has 7 heteroatoms. The summed E-state index contributed by atoms with van der Waals surface area (Å²) >= 11 is 8.51. The van der Waals surface area contributed by atoms with Crippen LogP contribution in [0, 0.1) is 0 Å². The molecule has 0 fully saturated rings. The summed E-state index contributed by atoms with van der Waals surface area (Å²) in [5.41, 5.74) is 3.09. The van der Waals surface area contributed by atoms with Gasteiger partial charge in [0.15, 0.2) is 5.13 Å². The van der Waals surface area contributed by atoms with Crippen molar-refractivity contribution >= 4 is 45.3 Å². The molecule has 0 aliphatic carbocycles. The molecule has 0 atom stereocenters. The molecule has 0 bridgehead atoms. The molecule has 1 aromatic carbocycles. The van der Waals surface area contributed by atoms with Crippen molar-refractivity contribution in [2.24, 2.45) is 0 Å². The van der Waals surface area contributed by atoms with Crippen molar-refractivity contribution in [3.63, 3.8) is 0 Å². The number of hydrogen-bond donors (Lipinski definition) is 1. The van der Waals surface area contributed by atoms with Crippen LogP contribution in [0.5, 0.6) is 5.75 Å². The molecule has 1 N–H and O–H groups in total. The van der Waals surface area contributed by atoms with Crippen molar-refractivity contribution in [3.05, 3.63) is 50.5 Å². The summed E-state index contributed by atoms with van der Waals surface area (Å²) in [6.07, 6.45) is 0.927. The summed E-state index contributed by atoms with van der Waals surface area (Å²) < 4.78 is 6.11. The number of anilines is 1. The van der Waals surface area contributed by atoms with Gasteiger partial charge in [-0.2, -0.15) is 0 Å². The minimum atomic E-state index is -0.190. The Balaban J connectivity index is 1.54. The van der Waals surface area contributed by atoms with Crippen LogP contribution in [-0.2, 0) is 6.42 Å². The van der Waals surface area contributed by atoms with Crippen LogP contribution in [0.2, 0.25) is 4.34 Å². The summed E-state index contributed by atoms with van der Waals surface area (Å²) in [5.74, 6) is 0.761. The van der Waals surface area contributed by atoms with Gasteiger partial charge in [0.25, 0.3) is 5.91 Å². The Labute approximate surface area is 145 Å². The summed E-state index contributed by atoms with van der Waals surface area (Å²) in [6.45, 7) is 0.737. The lowest BCUT2D eigenvalue weighted by Gasteiger charge is -2.01. The van der Waals surface area contributed by atoms with E-state index in [0.29, 0.717) is 14.3 Å². The molecular weight excluding hydrogens is 352 g/mol. The molecule has 0 saturated carbocycles. The fourth-order valence-corrected chi connectivity index (χ4v) is 4.06. The fraction of sp³-hybridized carbons (Fsp3) is 0.125. The van der Waals surface area contributed by atoms with E-state index in [-0.39, 0.29) is 5.91 Å². The van der Waals surface area contributed by atoms with Gasteiger partial charge in [-0.25, -0.2) is 4.98 Å². The zero-order valence-corrected chi connectivity index (χ0v) is 14.2. The summed E-state index contributed by atoms with van der Waals surface area (Å²) in [4.78, 5) is 17.2. The molecule has 0 saturated heterocycles. The molecular formula is C16H11ClN2O2S2. The van der Waals surface area contributed by atoms with E-state index in [4.69, 9.17) is 16.3 Å². The highest BCUT2D eigenvalue weighted by molar-refractivity contribution is 7.18. The van der Waals surface area contributed by atoms with E-state index in [1.165, 1.54) is 28.2 Å². The van der Waals surface area contributed by atoms with E-state index in [1.54, 1.807) is 12.1 Å². The summed E-state index contributed by atoms with van der Waals surface area (Å²) in [6, 6.07) is 9.48. The largest absolute Gasteiger partial charge is 0.493 e. The number of thiophene rings is 1. The Morgan fingerprint density at radius 1 is 1.30 bits per heavy atom. The number of fused-ring (bicyclic) bond motifs is 1. The average Bonchev–Trinajstić information content (AvgIpc) is 3.26. The number of aromatic nitrogens is 1. The molecule has 1 amide bonds. The highest BCUT2D eigenvalue weighted by Crippen LogP contribution is 2.32. The predicted octanol–water partition coefficient (Wildman–Crippen LogP) is 4.71. The second-order valence-electron chi connectivity index (χ2n) is 5.02. The maximum absolute atomic E-state index is 12.1. The van der Waals surface area contributed by atoms with Crippen LogP contribution >= 0.6 is 34.3 Å². The molecule has 1 aliphatic rings. The molecule has 4 nitrogen and oxygen atoms in total. The highest BCUT2D eigenvalue weighted by atomic mass is 35.5. The van der Waals surface area contributed by atoms with Gasteiger partial charge in [0.1, 0.15) is 5.75 Å². The number of benzene rings is 1. The molecule has 1 aliphatic heterocycles. The Morgan fingerprint density at radius 2 is 2.22 bits per heavy atom. The third-order valence-electron chi connectivity index (χ3n) is 3.51. The molecule has 116 valence electrons. The fourth-order valence-electron chi connectivity index (χ4n) is 2.40. The molecule has 0 spiro atoms. The van der Waals surface area contributed by atoms with Crippen molar-refractivity contribution in [1.29, 1.82) is 0 Å². The predicted molar refractivity (Wildman–Crippen MR) is 94.0 cm³/mol. The molecule has 3 heterocycles. The van der Waals surface area contributed by atoms with E-state index in [1.807, 2.05) is 17.5 Å². The van der Waals surface area contributed by atoms with Crippen LogP contribution in [0.4, 0.5) is 5.13 Å². The van der Waals surface area contributed by atoms with Gasteiger partial charge in [-0.1, -0.05) is 11.6 Å². The van der Waals surface area contributed by atoms with Crippen molar-refractivity contribution in [2.45, 2.75) is 6.42 Å². The van der Waals surface area contributed by atoms with E-state index >= 15 is 0 Å². The Kier molecular flexibility index (Phi) is 3.80. The maximum atomic E-state index is 12.1. The second kappa shape index (κ2) is 5.96.